The first-order valence-electron chi connectivity index (χ1n) is 7.30. The minimum Gasteiger partial charge on any atom is -0.385 e. The SMILES string of the molecule is COCCC(N)C(=O)N1CCN(CCC(C)C)CC1. The number of ether oxygens (including phenoxy) is 1. The minimum atomic E-state index is -0.415. The smallest absolute Gasteiger partial charge is 0.239 e. The molecule has 1 aliphatic rings. The molecule has 1 rings (SSSR count). The number of methoxy groups -OCH3 is 1. The van der Waals surface area contributed by atoms with Crippen LogP contribution in [0.5, 0.6) is 0 Å². The van der Waals surface area contributed by atoms with Crippen LogP contribution in [0.15, 0.2) is 0 Å². The molecule has 5 nitrogen and oxygen atoms in total. The van der Waals surface area contributed by atoms with E-state index < -0.39 is 6.04 Å². The zero-order valence-electron chi connectivity index (χ0n) is 12.6. The predicted octanol–water partition coefficient (Wildman–Crippen LogP) is 0.541. The van der Waals surface area contributed by atoms with Crippen molar-refractivity contribution in [1.29, 1.82) is 0 Å². The molecule has 1 amide bonds. The zero-order chi connectivity index (χ0) is 14.3. The Morgan fingerprint density at radius 1 is 1.21 bits per heavy atom. The first kappa shape index (κ1) is 16.4. The highest BCUT2D eigenvalue weighted by atomic mass is 16.5. The maximum absolute atomic E-state index is 12.1. The molecule has 0 aromatic heterocycles. The highest BCUT2D eigenvalue weighted by Gasteiger charge is 2.24. The number of piperazine rings is 1. The van der Waals surface area contributed by atoms with Crippen molar-refractivity contribution in [2.45, 2.75) is 32.7 Å². The van der Waals surface area contributed by atoms with E-state index >= 15 is 0 Å². The van der Waals surface area contributed by atoms with Gasteiger partial charge in [-0.3, -0.25) is 9.69 Å². The summed E-state index contributed by atoms with van der Waals surface area (Å²) in [6.07, 6.45) is 1.82. The van der Waals surface area contributed by atoms with Crippen molar-refractivity contribution in [3.8, 4) is 0 Å². The molecular weight excluding hydrogens is 242 g/mol. The maximum Gasteiger partial charge on any atom is 0.239 e. The lowest BCUT2D eigenvalue weighted by Gasteiger charge is -2.36. The number of hydrogen-bond acceptors (Lipinski definition) is 4. The molecule has 112 valence electrons. The third-order valence-electron chi connectivity index (χ3n) is 3.66. The summed E-state index contributed by atoms with van der Waals surface area (Å²) in [6, 6.07) is -0.415. The monoisotopic (exact) mass is 271 g/mol. The summed E-state index contributed by atoms with van der Waals surface area (Å²) in [5, 5.41) is 0. The van der Waals surface area contributed by atoms with Gasteiger partial charge in [-0.15, -0.1) is 0 Å². The lowest BCUT2D eigenvalue weighted by molar-refractivity contribution is -0.134. The van der Waals surface area contributed by atoms with E-state index in [-0.39, 0.29) is 5.91 Å². The van der Waals surface area contributed by atoms with Gasteiger partial charge in [0.15, 0.2) is 0 Å². The first-order chi connectivity index (χ1) is 9.04. The molecule has 0 spiro atoms. The Morgan fingerprint density at radius 2 is 1.84 bits per heavy atom. The fourth-order valence-electron chi connectivity index (χ4n) is 2.24. The first-order valence-corrected chi connectivity index (χ1v) is 7.30. The lowest BCUT2D eigenvalue weighted by Crippen LogP contribution is -2.53. The summed E-state index contributed by atoms with van der Waals surface area (Å²) in [5.41, 5.74) is 5.88. The van der Waals surface area contributed by atoms with Crippen LogP contribution in [0.3, 0.4) is 0 Å². The molecule has 0 aromatic carbocycles. The molecular formula is C14H29N3O2. The van der Waals surface area contributed by atoms with Crippen molar-refractivity contribution in [1.82, 2.24) is 9.80 Å². The third kappa shape index (κ3) is 5.89. The summed E-state index contributed by atoms with van der Waals surface area (Å²) in [6.45, 7) is 9.71. The number of carbonyl (C=O) groups excluding carboxylic acids is 1. The molecule has 0 aromatic rings. The van der Waals surface area contributed by atoms with Gasteiger partial charge < -0.3 is 15.4 Å². The van der Waals surface area contributed by atoms with Crippen LogP contribution in [0.25, 0.3) is 0 Å². The second kappa shape index (κ2) is 8.51. The van der Waals surface area contributed by atoms with E-state index in [0.717, 1.165) is 38.6 Å². The quantitative estimate of drug-likeness (QED) is 0.734. The van der Waals surface area contributed by atoms with E-state index in [1.165, 1.54) is 6.42 Å². The van der Waals surface area contributed by atoms with E-state index in [2.05, 4.69) is 18.7 Å². The van der Waals surface area contributed by atoms with E-state index in [4.69, 9.17) is 10.5 Å². The molecule has 0 saturated carbocycles. The van der Waals surface area contributed by atoms with E-state index in [1.54, 1.807) is 7.11 Å². The largest absolute Gasteiger partial charge is 0.385 e. The fourth-order valence-corrected chi connectivity index (χ4v) is 2.24. The highest BCUT2D eigenvalue weighted by Crippen LogP contribution is 2.08. The van der Waals surface area contributed by atoms with Crippen molar-refractivity contribution in [3.63, 3.8) is 0 Å². The Labute approximate surface area is 117 Å². The molecule has 1 fully saturated rings. The van der Waals surface area contributed by atoms with Gasteiger partial charge in [0.05, 0.1) is 6.04 Å². The molecule has 1 aliphatic heterocycles. The van der Waals surface area contributed by atoms with Gasteiger partial charge in [-0.1, -0.05) is 13.8 Å². The Balaban J connectivity index is 2.26. The molecule has 1 heterocycles. The van der Waals surface area contributed by atoms with Crippen LogP contribution in [0.4, 0.5) is 0 Å². The average molecular weight is 271 g/mol. The summed E-state index contributed by atoms with van der Waals surface area (Å²) in [4.78, 5) is 16.4. The number of rotatable bonds is 7. The molecule has 5 heteroatoms. The number of carbonyl (C=O) groups is 1. The Hall–Kier alpha value is -0.650. The van der Waals surface area contributed by atoms with Gasteiger partial charge in [-0.05, 0) is 25.3 Å². The van der Waals surface area contributed by atoms with Crippen molar-refractivity contribution in [3.05, 3.63) is 0 Å². The van der Waals surface area contributed by atoms with Crippen LogP contribution < -0.4 is 5.73 Å². The summed E-state index contributed by atoms with van der Waals surface area (Å²) in [5.74, 6) is 0.808. The van der Waals surface area contributed by atoms with Gasteiger partial charge in [-0.2, -0.15) is 0 Å². The second-order valence-electron chi connectivity index (χ2n) is 5.74. The number of nitrogens with zero attached hydrogens (tertiary/aromatic N) is 2. The molecule has 0 radical (unpaired) electrons. The topological polar surface area (TPSA) is 58.8 Å². The van der Waals surface area contributed by atoms with Gasteiger partial charge in [0.2, 0.25) is 5.91 Å². The minimum absolute atomic E-state index is 0.0700. The fraction of sp³-hybridized carbons (Fsp3) is 0.929. The summed E-state index contributed by atoms with van der Waals surface area (Å²) >= 11 is 0. The van der Waals surface area contributed by atoms with Gasteiger partial charge in [0, 0.05) is 39.9 Å². The van der Waals surface area contributed by atoms with E-state index in [9.17, 15) is 4.79 Å². The second-order valence-corrected chi connectivity index (χ2v) is 5.74. The van der Waals surface area contributed by atoms with Crippen LogP contribution in [-0.2, 0) is 9.53 Å². The third-order valence-corrected chi connectivity index (χ3v) is 3.66. The number of hydrogen-bond donors (Lipinski definition) is 1. The van der Waals surface area contributed by atoms with Crippen molar-refractivity contribution < 1.29 is 9.53 Å². The highest BCUT2D eigenvalue weighted by molar-refractivity contribution is 5.81. The summed E-state index contributed by atoms with van der Waals surface area (Å²) in [7, 11) is 1.63. The molecule has 19 heavy (non-hydrogen) atoms. The van der Waals surface area contributed by atoms with Gasteiger partial charge >= 0.3 is 0 Å². The van der Waals surface area contributed by atoms with Gasteiger partial charge in [0.1, 0.15) is 0 Å². The predicted molar refractivity (Wildman–Crippen MR) is 76.9 cm³/mol. The van der Waals surface area contributed by atoms with Crippen LogP contribution in [-0.4, -0.2) is 68.2 Å². The summed E-state index contributed by atoms with van der Waals surface area (Å²) < 4.78 is 4.96. The van der Waals surface area contributed by atoms with E-state index in [1.807, 2.05) is 4.90 Å². The molecule has 1 unspecified atom stereocenters. The number of nitrogens with two attached hydrogens (primary N) is 1. The van der Waals surface area contributed by atoms with Crippen molar-refractivity contribution in [2.24, 2.45) is 11.7 Å². The molecule has 0 aliphatic carbocycles. The van der Waals surface area contributed by atoms with E-state index in [0.29, 0.717) is 13.0 Å². The van der Waals surface area contributed by atoms with Gasteiger partial charge in [0.25, 0.3) is 0 Å². The lowest BCUT2D eigenvalue weighted by atomic mass is 10.1. The molecule has 2 N–H and O–H groups in total. The molecule has 1 saturated heterocycles. The van der Waals surface area contributed by atoms with Crippen LogP contribution in [0.2, 0.25) is 0 Å². The Kier molecular flexibility index (Phi) is 7.34. The maximum atomic E-state index is 12.1. The van der Waals surface area contributed by atoms with Crippen LogP contribution >= 0.6 is 0 Å². The van der Waals surface area contributed by atoms with Crippen molar-refractivity contribution in [2.75, 3.05) is 46.4 Å². The zero-order valence-corrected chi connectivity index (χ0v) is 12.6. The average Bonchev–Trinajstić information content (AvgIpc) is 2.42. The van der Waals surface area contributed by atoms with Crippen molar-refractivity contribution >= 4 is 5.91 Å². The molecule has 0 bridgehead atoms. The normalized spacial score (nSPS) is 18.9. The van der Waals surface area contributed by atoms with Crippen LogP contribution in [0, 0.1) is 5.92 Å². The Morgan fingerprint density at radius 3 is 2.37 bits per heavy atom. The molecule has 1 atom stereocenters. The standard InChI is InChI=1S/C14H29N3O2/c1-12(2)4-6-16-7-9-17(10-8-16)14(18)13(15)5-11-19-3/h12-13H,4-11,15H2,1-3H3. The van der Waals surface area contributed by atoms with Gasteiger partial charge in [-0.25, -0.2) is 0 Å². The Bertz CT molecular complexity index is 263. The number of amides is 1. The van der Waals surface area contributed by atoms with Crippen LogP contribution in [0.1, 0.15) is 26.7 Å².